The Morgan fingerprint density at radius 1 is 1.42 bits per heavy atom. The van der Waals surface area contributed by atoms with E-state index in [0.29, 0.717) is 6.04 Å². The van der Waals surface area contributed by atoms with E-state index in [-0.39, 0.29) is 0 Å². The highest BCUT2D eigenvalue weighted by Crippen LogP contribution is 2.23. The van der Waals surface area contributed by atoms with Gasteiger partial charge in [-0.15, -0.1) is 11.3 Å². The third kappa shape index (κ3) is 3.22. The van der Waals surface area contributed by atoms with Gasteiger partial charge in [0.2, 0.25) is 0 Å². The summed E-state index contributed by atoms with van der Waals surface area (Å²) in [5.74, 6) is 0. The maximum absolute atomic E-state index is 4.36. The van der Waals surface area contributed by atoms with Crippen molar-refractivity contribution in [3.63, 3.8) is 0 Å². The lowest BCUT2D eigenvalue weighted by molar-refractivity contribution is 0.123. The molecule has 0 aliphatic carbocycles. The van der Waals surface area contributed by atoms with Crippen LogP contribution < -0.4 is 0 Å². The topological polar surface area (TPSA) is 34.0 Å². The van der Waals surface area contributed by atoms with Crippen LogP contribution >= 0.6 is 11.3 Å². The quantitative estimate of drug-likeness (QED) is 0.861. The van der Waals surface area contributed by atoms with E-state index in [9.17, 15) is 0 Å². The van der Waals surface area contributed by atoms with Gasteiger partial charge in [0.1, 0.15) is 0 Å². The minimum Gasteiger partial charge on any atom is -0.293 e. The lowest BCUT2D eigenvalue weighted by Gasteiger charge is -2.35. The molecule has 0 aromatic carbocycles. The minimum absolute atomic E-state index is 0.607. The molecule has 19 heavy (non-hydrogen) atoms. The average molecular weight is 276 g/mol. The highest BCUT2D eigenvalue weighted by Gasteiger charge is 2.23. The van der Waals surface area contributed by atoms with E-state index in [1.54, 1.807) is 0 Å². The molecule has 2 aromatic rings. The third-order valence-corrected chi connectivity index (χ3v) is 4.63. The van der Waals surface area contributed by atoms with E-state index in [2.05, 4.69) is 32.8 Å². The molecule has 0 radical (unpaired) electrons. The summed E-state index contributed by atoms with van der Waals surface area (Å²) in [6.07, 6.45) is 9.87. The van der Waals surface area contributed by atoms with Crippen LogP contribution in [0.25, 0.3) is 0 Å². The van der Waals surface area contributed by atoms with Crippen LogP contribution in [0.1, 0.15) is 29.1 Å². The van der Waals surface area contributed by atoms with Gasteiger partial charge in [0.25, 0.3) is 0 Å². The van der Waals surface area contributed by atoms with Crippen LogP contribution in [0.3, 0.4) is 0 Å². The van der Waals surface area contributed by atoms with Gasteiger partial charge >= 0.3 is 0 Å². The van der Waals surface area contributed by atoms with Gasteiger partial charge in [0.05, 0.1) is 11.6 Å². The summed E-state index contributed by atoms with van der Waals surface area (Å²) in [4.78, 5) is 8.33. The Kier molecular flexibility index (Phi) is 3.94. The molecule has 1 fully saturated rings. The average Bonchev–Trinajstić information content (AvgIpc) is 3.04. The summed E-state index contributed by atoms with van der Waals surface area (Å²) in [7, 11) is 0. The molecular formula is C14H20N4S. The molecule has 102 valence electrons. The third-order valence-electron chi connectivity index (χ3n) is 3.73. The molecule has 1 atom stereocenters. The highest BCUT2D eigenvalue weighted by molar-refractivity contribution is 7.11. The van der Waals surface area contributed by atoms with Crippen molar-refractivity contribution in [2.75, 3.05) is 6.54 Å². The summed E-state index contributed by atoms with van der Waals surface area (Å²) < 4.78 is 2.06. The fourth-order valence-electron chi connectivity index (χ4n) is 2.78. The zero-order chi connectivity index (χ0) is 13.1. The van der Waals surface area contributed by atoms with Gasteiger partial charge in [-0.2, -0.15) is 5.10 Å². The Hall–Kier alpha value is -1.20. The molecule has 0 bridgehead atoms. The molecule has 1 aliphatic rings. The van der Waals surface area contributed by atoms with Gasteiger partial charge < -0.3 is 0 Å². The molecule has 0 amide bonds. The van der Waals surface area contributed by atoms with E-state index >= 15 is 0 Å². The van der Waals surface area contributed by atoms with Crippen LogP contribution in [0.2, 0.25) is 0 Å². The summed E-state index contributed by atoms with van der Waals surface area (Å²) in [6.45, 7) is 5.32. The van der Waals surface area contributed by atoms with E-state index in [1.807, 2.05) is 29.8 Å². The van der Waals surface area contributed by atoms with Crippen molar-refractivity contribution in [3.8, 4) is 0 Å². The highest BCUT2D eigenvalue weighted by atomic mass is 32.1. The Bertz CT molecular complexity index is 505. The summed E-state index contributed by atoms with van der Waals surface area (Å²) in [6, 6.07) is 2.61. The minimum atomic E-state index is 0.607. The van der Waals surface area contributed by atoms with E-state index in [4.69, 9.17) is 0 Å². The van der Waals surface area contributed by atoms with Crippen molar-refractivity contribution >= 4 is 11.3 Å². The lowest BCUT2D eigenvalue weighted by Crippen LogP contribution is -2.41. The molecule has 4 nitrogen and oxygen atoms in total. The number of hydrogen-bond donors (Lipinski definition) is 0. The Labute approximate surface area is 118 Å². The molecule has 0 saturated carbocycles. The first-order valence-electron chi connectivity index (χ1n) is 6.94. The Morgan fingerprint density at radius 3 is 3.11 bits per heavy atom. The normalized spacial score (nSPS) is 20.8. The summed E-state index contributed by atoms with van der Waals surface area (Å²) in [5.41, 5.74) is 0. The number of aromatic nitrogens is 3. The smallest absolute Gasteiger partial charge is 0.0897 e. The van der Waals surface area contributed by atoms with Gasteiger partial charge in [-0.1, -0.05) is 6.42 Å². The predicted octanol–water partition coefficient (Wildman–Crippen LogP) is 2.70. The van der Waals surface area contributed by atoms with Crippen molar-refractivity contribution in [3.05, 3.63) is 34.5 Å². The number of rotatable bonds is 4. The molecule has 1 unspecified atom stereocenters. The molecule has 0 spiro atoms. The summed E-state index contributed by atoms with van der Waals surface area (Å²) in [5, 5.41) is 5.50. The van der Waals surface area contributed by atoms with Crippen molar-refractivity contribution in [1.29, 1.82) is 0 Å². The molecule has 1 aliphatic heterocycles. The Morgan fingerprint density at radius 2 is 2.37 bits per heavy atom. The number of piperidine rings is 1. The molecular weight excluding hydrogens is 256 g/mol. The van der Waals surface area contributed by atoms with Crippen LogP contribution in [0.15, 0.2) is 24.7 Å². The predicted molar refractivity (Wildman–Crippen MR) is 77.1 cm³/mol. The molecule has 3 heterocycles. The van der Waals surface area contributed by atoms with Crippen molar-refractivity contribution in [2.45, 2.75) is 45.3 Å². The van der Waals surface area contributed by atoms with Crippen molar-refractivity contribution < 1.29 is 0 Å². The van der Waals surface area contributed by atoms with Gasteiger partial charge in [-0.05, 0) is 32.4 Å². The van der Waals surface area contributed by atoms with Crippen molar-refractivity contribution in [1.82, 2.24) is 19.7 Å². The van der Waals surface area contributed by atoms with E-state index < -0.39 is 0 Å². The molecule has 3 rings (SSSR count). The lowest BCUT2D eigenvalue weighted by atomic mass is 10.0. The number of hydrogen-bond acceptors (Lipinski definition) is 4. The first kappa shape index (κ1) is 12.8. The van der Waals surface area contributed by atoms with Crippen LogP contribution in [0.4, 0.5) is 0 Å². The molecule has 0 N–H and O–H groups in total. The van der Waals surface area contributed by atoms with Gasteiger partial charge in [0, 0.05) is 36.1 Å². The Balaban J connectivity index is 1.66. The monoisotopic (exact) mass is 276 g/mol. The molecule has 1 saturated heterocycles. The fraction of sp³-hybridized carbons (Fsp3) is 0.571. The number of likely N-dealkylation sites (tertiary alicyclic amines) is 1. The number of aryl methyl sites for hydroxylation is 1. The SMILES string of the molecule is Cc1ncc(CN2CCCCC2Cn2cccn2)s1. The first-order chi connectivity index (χ1) is 9.31. The van der Waals surface area contributed by atoms with E-state index in [0.717, 1.165) is 18.1 Å². The zero-order valence-corrected chi connectivity index (χ0v) is 12.1. The largest absolute Gasteiger partial charge is 0.293 e. The second-order valence-electron chi connectivity index (χ2n) is 5.19. The second-order valence-corrected chi connectivity index (χ2v) is 6.51. The molecule has 2 aromatic heterocycles. The van der Waals surface area contributed by atoms with Crippen LogP contribution in [-0.2, 0) is 13.1 Å². The standard InChI is InChI=1S/C14H20N4S/c1-12-15-9-14(19-12)11-17-7-3-2-5-13(17)10-18-8-4-6-16-18/h4,6,8-9,13H,2-3,5,7,10-11H2,1H3. The van der Waals surface area contributed by atoms with Crippen molar-refractivity contribution in [2.24, 2.45) is 0 Å². The fourth-order valence-corrected chi connectivity index (χ4v) is 3.60. The van der Waals surface area contributed by atoms with Gasteiger partial charge in [0.15, 0.2) is 0 Å². The van der Waals surface area contributed by atoms with Crippen LogP contribution in [0.5, 0.6) is 0 Å². The zero-order valence-electron chi connectivity index (χ0n) is 11.3. The number of nitrogens with zero attached hydrogens (tertiary/aromatic N) is 4. The first-order valence-corrected chi connectivity index (χ1v) is 7.76. The van der Waals surface area contributed by atoms with Gasteiger partial charge in [-0.3, -0.25) is 9.58 Å². The van der Waals surface area contributed by atoms with Crippen LogP contribution in [0, 0.1) is 6.92 Å². The second kappa shape index (κ2) is 5.84. The van der Waals surface area contributed by atoms with Gasteiger partial charge in [-0.25, -0.2) is 4.98 Å². The maximum Gasteiger partial charge on any atom is 0.0897 e. The van der Waals surface area contributed by atoms with E-state index in [1.165, 1.54) is 30.7 Å². The van der Waals surface area contributed by atoms with Crippen LogP contribution in [-0.4, -0.2) is 32.3 Å². The maximum atomic E-state index is 4.36. The molecule has 5 heteroatoms. The summed E-state index contributed by atoms with van der Waals surface area (Å²) >= 11 is 1.82. The number of thiazole rings is 1.